The normalized spacial score (nSPS) is 11.1. The fourth-order valence-electron chi connectivity index (χ4n) is 1.90. The van der Waals surface area contributed by atoms with Gasteiger partial charge >= 0.3 is 0 Å². The largest absolute Gasteiger partial charge is 0.398 e. The van der Waals surface area contributed by atoms with Crippen molar-refractivity contribution >= 4 is 43.2 Å². The number of aryl methyl sites for hydroxylation is 1. The zero-order valence-electron chi connectivity index (χ0n) is 10.1. The summed E-state index contributed by atoms with van der Waals surface area (Å²) in [5, 5.41) is 0.865. The van der Waals surface area contributed by atoms with Crippen LogP contribution in [0.1, 0.15) is 5.56 Å². The number of rotatable bonds is 1. The predicted molar refractivity (Wildman–Crippen MR) is 81.9 cm³/mol. The minimum Gasteiger partial charge on any atom is -0.398 e. The highest BCUT2D eigenvalue weighted by Gasteiger charge is 2.10. The van der Waals surface area contributed by atoms with Crippen LogP contribution in [-0.4, -0.2) is 4.98 Å². The van der Waals surface area contributed by atoms with Gasteiger partial charge in [0.1, 0.15) is 10.8 Å². The summed E-state index contributed by atoms with van der Waals surface area (Å²) in [5.41, 5.74) is 9.31. The number of aromatic nitrogens is 1. The van der Waals surface area contributed by atoms with Crippen molar-refractivity contribution < 1.29 is 4.39 Å². The lowest BCUT2D eigenvalue weighted by atomic mass is 10.1. The molecule has 0 unspecified atom stereocenters. The zero-order chi connectivity index (χ0) is 13.6. The first-order valence-electron chi connectivity index (χ1n) is 5.66. The van der Waals surface area contributed by atoms with Crippen LogP contribution in [-0.2, 0) is 0 Å². The third-order valence-corrected chi connectivity index (χ3v) is 4.67. The first-order chi connectivity index (χ1) is 9.04. The van der Waals surface area contributed by atoms with Crippen LogP contribution in [0.2, 0.25) is 0 Å². The van der Waals surface area contributed by atoms with Crippen molar-refractivity contribution in [2.75, 3.05) is 5.73 Å². The maximum absolute atomic E-state index is 13.2. The molecule has 1 aromatic heterocycles. The van der Waals surface area contributed by atoms with E-state index in [1.165, 1.54) is 12.1 Å². The second-order valence-corrected chi connectivity index (χ2v) is 6.20. The SMILES string of the molecule is Cc1cc(-c2nc3cc(F)ccc3s2)cc(Br)c1N. The van der Waals surface area contributed by atoms with Gasteiger partial charge in [0.25, 0.3) is 0 Å². The number of thiazole rings is 1. The molecule has 2 aromatic carbocycles. The van der Waals surface area contributed by atoms with Crippen LogP contribution < -0.4 is 5.73 Å². The van der Waals surface area contributed by atoms with Crippen molar-refractivity contribution in [3.8, 4) is 10.6 Å². The summed E-state index contributed by atoms with van der Waals surface area (Å²) >= 11 is 4.98. The van der Waals surface area contributed by atoms with Crippen LogP contribution in [0.15, 0.2) is 34.8 Å². The smallest absolute Gasteiger partial charge is 0.125 e. The van der Waals surface area contributed by atoms with Gasteiger partial charge in [0, 0.05) is 21.8 Å². The Morgan fingerprint density at radius 3 is 2.79 bits per heavy atom. The van der Waals surface area contributed by atoms with Gasteiger partial charge in [0.15, 0.2) is 0 Å². The fourth-order valence-corrected chi connectivity index (χ4v) is 3.40. The van der Waals surface area contributed by atoms with Gasteiger partial charge in [0.05, 0.1) is 10.2 Å². The van der Waals surface area contributed by atoms with Crippen LogP contribution >= 0.6 is 27.3 Å². The number of hydrogen-bond donors (Lipinski definition) is 1. The van der Waals surface area contributed by atoms with Crippen LogP contribution in [0.25, 0.3) is 20.8 Å². The molecule has 3 rings (SSSR count). The molecule has 0 saturated heterocycles. The van der Waals surface area contributed by atoms with Crippen molar-refractivity contribution in [2.45, 2.75) is 6.92 Å². The van der Waals surface area contributed by atoms with Gasteiger partial charge in [-0.2, -0.15) is 0 Å². The Balaban J connectivity index is 2.19. The molecule has 0 bridgehead atoms. The number of anilines is 1. The fraction of sp³-hybridized carbons (Fsp3) is 0.0714. The maximum Gasteiger partial charge on any atom is 0.125 e. The number of halogens is 2. The van der Waals surface area contributed by atoms with Gasteiger partial charge in [-0.25, -0.2) is 9.37 Å². The molecule has 96 valence electrons. The minimum absolute atomic E-state index is 0.265. The van der Waals surface area contributed by atoms with Gasteiger partial charge in [-0.3, -0.25) is 0 Å². The molecule has 0 saturated carbocycles. The van der Waals surface area contributed by atoms with Crippen molar-refractivity contribution in [3.63, 3.8) is 0 Å². The molecule has 5 heteroatoms. The average Bonchev–Trinajstić information content (AvgIpc) is 2.78. The summed E-state index contributed by atoms with van der Waals surface area (Å²) in [4.78, 5) is 4.47. The lowest BCUT2D eigenvalue weighted by Crippen LogP contribution is -1.91. The molecule has 0 radical (unpaired) electrons. The predicted octanol–water partition coefficient (Wildman–Crippen LogP) is 4.76. The highest BCUT2D eigenvalue weighted by atomic mass is 79.9. The standard InChI is InChI=1S/C14H10BrFN2S/c1-7-4-8(5-10(15)13(7)17)14-18-11-6-9(16)2-3-12(11)19-14/h2-6H,17H2,1H3. The minimum atomic E-state index is -0.265. The summed E-state index contributed by atoms with van der Waals surface area (Å²) in [7, 11) is 0. The lowest BCUT2D eigenvalue weighted by Gasteiger charge is -2.05. The summed E-state index contributed by atoms with van der Waals surface area (Å²) in [6.45, 7) is 1.95. The molecule has 0 atom stereocenters. The van der Waals surface area contributed by atoms with Crippen LogP contribution in [0.3, 0.4) is 0 Å². The van der Waals surface area contributed by atoms with Crippen molar-refractivity contribution in [2.24, 2.45) is 0 Å². The second-order valence-electron chi connectivity index (χ2n) is 4.32. The first kappa shape index (κ1) is 12.6. The molecule has 0 aliphatic rings. The number of benzene rings is 2. The molecule has 0 spiro atoms. The van der Waals surface area contributed by atoms with Crippen LogP contribution in [0, 0.1) is 12.7 Å². The van der Waals surface area contributed by atoms with Crippen molar-refractivity contribution in [3.05, 3.63) is 46.2 Å². The van der Waals surface area contributed by atoms with Crippen LogP contribution in [0.5, 0.6) is 0 Å². The molecule has 3 aromatic rings. The van der Waals surface area contributed by atoms with E-state index >= 15 is 0 Å². The highest BCUT2D eigenvalue weighted by molar-refractivity contribution is 9.10. The Morgan fingerprint density at radius 2 is 2.05 bits per heavy atom. The van der Waals surface area contributed by atoms with E-state index in [0.717, 1.165) is 31.0 Å². The van der Waals surface area contributed by atoms with Gasteiger partial charge < -0.3 is 5.73 Å². The second kappa shape index (κ2) is 4.58. The first-order valence-corrected chi connectivity index (χ1v) is 7.27. The summed E-state index contributed by atoms with van der Waals surface area (Å²) in [6, 6.07) is 8.60. The van der Waals surface area contributed by atoms with Gasteiger partial charge in [-0.1, -0.05) is 0 Å². The molecule has 2 N–H and O–H groups in total. The molecule has 19 heavy (non-hydrogen) atoms. The van der Waals surface area contributed by atoms with E-state index in [1.807, 2.05) is 19.1 Å². The highest BCUT2D eigenvalue weighted by Crippen LogP contribution is 2.34. The van der Waals surface area contributed by atoms with Crippen LogP contribution in [0.4, 0.5) is 10.1 Å². The molecule has 0 amide bonds. The summed E-state index contributed by atoms with van der Waals surface area (Å²) < 4.78 is 15.0. The molecule has 0 aliphatic heterocycles. The Bertz CT molecular complexity index is 759. The molecule has 0 aliphatic carbocycles. The monoisotopic (exact) mass is 336 g/mol. The number of nitrogens with zero attached hydrogens (tertiary/aromatic N) is 1. The summed E-state index contributed by atoms with van der Waals surface area (Å²) in [5.74, 6) is -0.265. The molecule has 2 nitrogen and oxygen atoms in total. The lowest BCUT2D eigenvalue weighted by molar-refractivity contribution is 0.629. The van der Waals surface area contributed by atoms with Gasteiger partial charge in [-0.15, -0.1) is 11.3 Å². The van der Waals surface area contributed by atoms with Crippen molar-refractivity contribution in [1.29, 1.82) is 0 Å². The molecule has 0 fully saturated rings. The average molecular weight is 337 g/mol. The quantitative estimate of drug-likeness (QED) is 0.651. The third-order valence-electron chi connectivity index (χ3n) is 2.93. The van der Waals surface area contributed by atoms with Crippen molar-refractivity contribution in [1.82, 2.24) is 4.98 Å². The van der Waals surface area contributed by atoms with Gasteiger partial charge in [-0.05, 0) is 52.7 Å². The maximum atomic E-state index is 13.2. The Morgan fingerprint density at radius 1 is 1.26 bits per heavy atom. The Labute approximate surface area is 122 Å². The number of nitrogen functional groups attached to an aromatic ring is 1. The Kier molecular flexibility index (Phi) is 3.03. The number of hydrogen-bond acceptors (Lipinski definition) is 3. The zero-order valence-corrected chi connectivity index (χ0v) is 12.5. The van der Waals surface area contributed by atoms with E-state index in [1.54, 1.807) is 17.4 Å². The summed E-state index contributed by atoms with van der Waals surface area (Å²) in [6.07, 6.45) is 0. The topological polar surface area (TPSA) is 38.9 Å². The van der Waals surface area contributed by atoms with Gasteiger partial charge in [0.2, 0.25) is 0 Å². The van der Waals surface area contributed by atoms with E-state index in [2.05, 4.69) is 20.9 Å². The Hall–Kier alpha value is -1.46. The molecular formula is C14H10BrFN2S. The molecular weight excluding hydrogens is 327 g/mol. The van der Waals surface area contributed by atoms with E-state index in [4.69, 9.17) is 5.73 Å². The van der Waals surface area contributed by atoms with E-state index in [0.29, 0.717) is 5.52 Å². The third kappa shape index (κ3) is 2.24. The van der Waals surface area contributed by atoms with E-state index in [9.17, 15) is 4.39 Å². The molecule has 1 heterocycles. The van der Waals surface area contributed by atoms with E-state index < -0.39 is 0 Å². The van der Waals surface area contributed by atoms with E-state index in [-0.39, 0.29) is 5.82 Å². The number of nitrogens with two attached hydrogens (primary N) is 1. The number of fused-ring (bicyclic) bond motifs is 1.